The van der Waals surface area contributed by atoms with E-state index in [0.29, 0.717) is 0 Å². The van der Waals surface area contributed by atoms with Gasteiger partial charge in [0.1, 0.15) is 11.2 Å². The summed E-state index contributed by atoms with van der Waals surface area (Å²) in [5, 5.41) is 12.4. The van der Waals surface area contributed by atoms with E-state index in [0.717, 1.165) is 50.1 Å². The maximum absolute atomic E-state index is 6.43. The van der Waals surface area contributed by atoms with Gasteiger partial charge in [-0.05, 0) is 126 Å². The molecule has 0 aliphatic carbocycles. The first-order valence-electron chi connectivity index (χ1n) is 20.6. The molecule has 0 unspecified atom stereocenters. The van der Waals surface area contributed by atoms with Gasteiger partial charge in [0, 0.05) is 33.4 Å². The van der Waals surface area contributed by atoms with Gasteiger partial charge >= 0.3 is 0 Å². The van der Waals surface area contributed by atoms with Crippen LogP contribution in [0.5, 0.6) is 0 Å². The van der Waals surface area contributed by atoms with E-state index in [1.165, 1.54) is 65.3 Å². The van der Waals surface area contributed by atoms with Crippen LogP contribution in [0.1, 0.15) is 0 Å². The molecule has 0 N–H and O–H groups in total. The quantitative estimate of drug-likeness (QED) is 0.157. The third-order valence-electron chi connectivity index (χ3n) is 12.3. The molecule has 0 spiro atoms. The van der Waals surface area contributed by atoms with Crippen molar-refractivity contribution in [2.45, 2.75) is 0 Å². The molecular formula is C58H37NO. The summed E-state index contributed by atoms with van der Waals surface area (Å²) in [7, 11) is 0. The van der Waals surface area contributed by atoms with Crippen molar-refractivity contribution in [3.63, 3.8) is 0 Å². The van der Waals surface area contributed by atoms with E-state index in [-0.39, 0.29) is 0 Å². The van der Waals surface area contributed by atoms with Gasteiger partial charge in [-0.2, -0.15) is 0 Å². The zero-order chi connectivity index (χ0) is 39.6. The van der Waals surface area contributed by atoms with Crippen LogP contribution in [-0.2, 0) is 0 Å². The van der Waals surface area contributed by atoms with Gasteiger partial charge in [-0.25, -0.2) is 0 Å². The molecule has 0 bridgehead atoms. The van der Waals surface area contributed by atoms with E-state index in [4.69, 9.17) is 4.42 Å². The van der Waals surface area contributed by atoms with Gasteiger partial charge in [0.05, 0.1) is 0 Å². The molecule has 1 heterocycles. The summed E-state index contributed by atoms with van der Waals surface area (Å²) < 4.78 is 6.43. The maximum Gasteiger partial charge on any atom is 0.143 e. The number of furan rings is 1. The second-order valence-electron chi connectivity index (χ2n) is 15.7. The Morgan fingerprint density at radius 3 is 1.20 bits per heavy atom. The highest BCUT2D eigenvalue weighted by atomic mass is 16.3. The highest BCUT2D eigenvalue weighted by Crippen LogP contribution is 2.41. The molecule has 0 radical (unpaired) electrons. The first kappa shape index (κ1) is 34.1. The van der Waals surface area contributed by atoms with Crippen molar-refractivity contribution in [2.75, 3.05) is 4.90 Å². The Hall–Kier alpha value is -7.94. The minimum atomic E-state index is 0.906. The summed E-state index contributed by atoms with van der Waals surface area (Å²) in [6.07, 6.45) is 0. The van der Waals surface area contributed by atoms with Gasteiger partial charge in [-0.3, -0.25) is 0 Å². The van der Waals surface area contributed by atoms with Crippen molar-refractivity contribution in [2.24, 2.45) is 0 Å². The minimum absolute atomic E-state index is 0.906. The van der Waals surface area contributed by atoms with E-state index >= 15 is 0 Å². The van der Waals surface area contributed by atoms with Gasteiger partial charge in [0.15, 0.2) is 0 Å². The average molecular weight is 764 g/mol. The summed E-state index contributed by atoms with van der Waals surface area (Å²) in [4.78, 5) is 2.35. The van der Waals surface area contributed by atoms with Crippen molar-refractivity contribution >= 4 is 82.1 Å². The fraction of sp³-hybridized carbons (Fsp3) is 0. The summed E-state index contributed by atoms with van der Waals surface area (Å²) in [6.45, 7) is 0. The molecule has 0 aliphatic rings. The zero-order valence-corrected chi connectivity index (χ0v) is 32.7. The van der Waals surface area contributed by atoms with Gasteiger partial charge in [0.2, 0.25) is 0 Å². The first-order chi connectivity index (χ1) is 29.7. The van der Waals surface area contributed by atoms with Crippen LogP contribution in [0.2, 0.25) is 0 Å². The standard InChI is InChI=1S/C58H37NO/c1-3-10-50-40(8-1)16-18-43-20-22-45(36-55(43)50)38-24-30-47(31-25-38)59(49-34-28-42(29-35-49)52-13-7-14-54-53-12-5-6-15-57(53)60-58(52)54)48-32-26-39(27-33-48)46-23-21-44-19-17-41-9-2-4-11-51(41)56(44)37-46/h1-37H. The van der Waals surface area contributed by atoms with Crippen molar-refractivity contribution < 1.29 is 4.42 Å². The van der Waals surface area contributed by atoms with Crippen molar-refractivity contribution in [3.05, 3.63) is 224 Å². The number of para-hydroxylation sites is 2. The van der Waals surface area contributed by atoms with Gasteiger partial charge in [0.25, 0.3) is 0 Å². The monoisotopic (exact) mass is 763 g/mol. The van der Waals surface area contributed by atoms with E-state index in [2.05, 4.69) is 217 Å². The third kappa shape index (κ3) is 5.73. The van der Waals surface area contributed by atoms with Crippen molar-refractivity contribution in [3.8, 4) is 33.4 Å². The topological polar surface area (TPSA) is 16.4 Å². The fourth-order valence-corrected chi connectivity index (χ4v) is 9.18. The predicted molar refractivity (Wildman–Crippen MR) is 255 cm³/mol. The van der Waals surface area contributed by atoms with Crippen LogP contribution >= 0.6 is 0 Å². The Bertz CT molecular complexity index is 3420. The molecule has 11 aromatic carbocycles. The molecule has 0 saturated heterocycles. The average Bonchev–Trinajstić information content (AvgIpc) is 3.71. The van der Waals surface area contributed by atoms with E-state index in [1.54, 1.807) is 0 Å². The van der Waals surface area contributed by atoms with Gasteiger partial charge in [-0.15, -0.1) is 0 Å². The molecule has 0 fully saturated rings. The lowest BCUT2D eigenvalue weighted by Crippen LogP contribution is -2.09. The number of benzene rings is 11. The van der Waals surface area contributed by atoms with Crippen LogP contribution in [-0.4, -0.2) is 0 Å². The van der Waals surface area contributed by atoms with Crippen LogP contribution in [0.4, 0.5) is 17.1 Å². The highest BCUT2D eigenvalue weighted by molar-refractivity contribution is 6.11. The number of hydrogen-bond donors (Lipinski definition) is 0. The highest BCUT2D eigenvalue weighted by Gasteiger charge is 2.16. The summed E-state index contributed by atoms with van der Waals surface area (Å²) >= 11 is 0. The molecule has 0 amide bonds. The smallest absolute Gasteiger partial charge is 0.143 e. The van der Waals surface area contributed by atoms with Crippen LogP contribution in [0, 0.1) is 0 Å². The summed E-state index contributed by atoms with van der Waals surface area (Å²) in [6, 6.07) is 81.3. The number of rotatable bonds is 6. The molecular weight excluding hydrogens is 727 g/mol. The molecule has 0 aliphatic heterocycles. The summed E-state index contributed by atoms with van der Waals surface area (Å²) in [5.41, 5.74) is 12.0. The number of hydrogen-bond acceptors (Lipinski definition) is 2. The molecule has 2 nitrogen and oxygen atoms in total. The van der Waals surface area contributed by atoms with E-state index in [9.17, 15) is 0 Å². The fourth-order valence-electron chi connectivity index (χ4n) is 9.18. The minimum Gasteiger partial charge on any atom is -0.455 e. The van der Waals surface area contributed by atoms with Crippen LogP contribution < -0.4 is 4.90 Å². The Balaban J connectivity index is 0.939. The first-order valence-corrected chi connectivity index (χ1v) is 20.6. The Morgan fingerprint density at radius 2 is 0.667 bits per heavy atom. The second-order valence-corrected chi connectivity index (χ2v) is 15.7. The zero-order valence-electron chi connectivity index (χ0n) is 32.7. The maximum atomic E-state index is 6.43. The number of nitrogens with zero attached hydrogens (tertiary/aromatic N) is 1. The summed E-state index contributed by atoms with van der Waals surface area (Å²) in [5.74, 6) is 0. The molecule has 0 atom stereocenters. The third-order valence-corrected chi connectivity index (χ3v) is 12.3. The number of anilines is 3. The largest absolute Gasteiger partial charge is 0.455 e. The Kier molecular flexibility index (Phi) is 7.89. The predicted octanol–water partition coefficient (Wildman–Crippen LogP) is 16.7. The second kappa shape index (κ2) is 13.9. The van der Waals surface area contributed by atoms with Crippen LogP contribution in [0.15, 0.2) is 229 Å². The van der Waals surface area contributed by atoms with Crippen LogP contribution in [0.3, 0.4) is 0 Å². The SMILES string of the molecule is c1ccc2c(c1)ccc1ccc(-c3ccc(N(c4ccc(-c5ccc6ccc7ccccc7c6c5)cc4)c4ccc(-c5cccc6c5oc5ccccc56)cc4)cc3)cc12. The van der Waals surface area contributed by atoms with E-state index in [1.807, 2.05) is 12.1 Å². The van der Waals surface area contributed by atoms with Gasteiger partial charge < -0.3 is 9.32 Å². The lowest BCUT2D eigenvalue weighted by atomic mass is 9.96. The molecule has 12 rings (SSSR count). The Morgan fingerprint density at radius 1 is 0.267 bits per heavy atom. The van der Waals surface area contributed by atoms with Crippen LogP contribution in [0.25, 0.3) is 98.4 Å². The number of fused-ring (bicyclic) bond motifs is 9. The Labute approximate surface area is 347 Å². The molecule has 60 heavy (non-hydrogen) atoms. The lowest BCUT2D eigenvalue weighted by Gasteiger charge is -2.26. The normalized spacial score (nSPS) is 11.7. The molecule has 0 saturated carbocycles. The van der Waals surface area contributed by atoms with Crippen molar-refractivity contribution in [1.82, 2.24) is 0 Å². The molecule has 280 valence electrons. The van der Waals surface area contributed by atoms with E-state index < -0.39 is 0 Å². The molecule has 1 aromatic heterocycles. The van der Waals surface area contributed by atoms with Crippen molar-refractivity contribution in [1.29, 1.82) is 0 Å². The molecule has 2 heteroatoms. The lowest BCUT2D eigenvalue weighted by molar-refractivity contribution is 0.670. The van der Waals surface area contributed by atoms with Gasteiger partial charge in [-0.1, -0.05) is 170 Å². The molecule has 12 aromatic rings.